The molecule has 136 valence electrons. The number of anilines is 1. The average molecular weight is 363 g/mol. The van der Waals surface area contributed by atoms with Gasteiger partial charge in [0.1, 0.15) is 11.5 Å². The third-order valence-electron chi connectivity index (χ3n) is 3.62. The molecule has 0 radical (unpaired) electrons. The molecule has 2 nitrogen and oxygen atoms in total. The van der Waals surface area contributed by atoms with Crippen LogP contribution >= 0.6 is 0 Å². The molecule has 0 aliphatic carbocycles. The molecule has 25 heavy (non-hydrogen) atoms. The molecule has 2 N–H and O–H groups in total. The normalized spacial score (nSPS) is 12.5. The Kier molecular flexibility index (Phi) is 4.92. The first-order valence-electron chi connectivity index (χ1n) is 7.15. The molecule has 0 aliphatic heterocycles. The van der Waals surface area contributed by atoms with Crippen LogP contribution in [-0.2, 0) is 5.92 Å². The van der Waals surface area contributed by atoms with Crippen LogP contribution in [-0.4, -0.2) is 12.3 Å². The molecular weight excluding hydrogens is 348 g/mol. The van der Waals surface area contributed by atoms with Crippen LogP contribution in [0.2, 0.25) is 0 Å². The third kappa shape index (κ3) is 3.52. The first kappa shape index (κ1) is 19.0. The zero-order chi connectivity index (χ0) is 19.0. The van der Waals surface area contributed by atoms with E-state index in [4.69, 9.17) is 10.5 Å². The van der Waals surface area contributed by atoms with Gasteiger partial charge in [-0.2, -0.15) is 17.6 Å². The highest BCUT2D eigenvalue weighted by Crippen LogP contribution is 2.47. The maximum Gasteiger partial charge on any atom is 0.373 e. The van der Waals surface area contributed by atoms with Gasteiger partial charge in [-0.25, -0.2) is 8.78 Å². The molecular formula is C17H15F6NO. The molecule has 0 amide bonds. The van der Waals surface area contributed by atoms with Crippen LogP contribution < -0.4 is 10.5 Å². The molecule has 0 spiro atoms. The van der Waals surface area contributed by atoms with Crippen molar-refractivity contribution in [3.63, 3.8) is 0 Å². The van der Waals surface area contributed by atoms with Gasteiger partial charge in [-0.1, -0.05) is 0 Å². The van der Waals surface area contributed by atoms with Gasteiger partial charge in [0.25, 0.3) is 0 Å². The lowest BCUT2D eigenvalue weighted by Crippen LogP contribution is -2.44. The SMILES string of the molecule is Cc1cc(C(F)(F)C(F)(F)C(F)F)cc(C)c1Oc1ccc(N)cc1. The van der Waals surface area contributed by atoms with E-state index < -0.39 is 23.8 Å². The number of halogens is 6. The van der Waals surface area contributed by atoms with Crippen LogP contribution in [0.4, 0.5) is 32.0 Å². The van der Waals surface area contributed by atoms with E-state index in [1.54, 1.807) is 24.3 Å². The van der Waals surface area contributed by atoms with Gasteiger partial charge in [-0.3, -0.25) is 0 Å². The number of alkyl halides is 6. The van der Waals surface area contributed by atoms with E-state index in [-0.39, 0.29) is 16.9 Å². The fourth-order valence-corrected chi connectivity index (χ4v) is 2.28. The van der Waals surface area contributed by atoms with Crippen molar-refractivity contribution in [1.82, 2.24) is 0 Å². The molecule has 0 bridgehead atoms. The highest BCUT2D eigenvalue weighted by atomic mass is 19.3. The predicted octanol–water partition coefficient (Wildman–Crippen LogP) is 5.67. The van der Waals surface area contributed by atoms with Gasteiger partial charge >= 0.3 is 18.3 Å². The van der Waals surface area contributed by atoms with Crippen LogP contribution in [0.3, 0.4) is 0 Å². The smallest absolute Gasteiger partial charge is 0.373 e. The number of hydrogen-bond acceptors (Lipinski definition) is 2. The lowest BCUT2D eigenvalue weighted by Gasteiger charge is -2.27. The van der Waals surface area contributed by atoms with Crippen molar-refractivity contribution >= 4 is 5.69 Å². The molecule has 0 saturated carbocycles. The largest absolute Gasteiger partial charge is 0.457 e. The summed E-state index contributed by atoms with van der Waals surface area (Å²) in [5.41, 5.74) is 5.05. The fourth-order valence-electron chi connectivity index (χ4n) is 2.28. The van der Waals surface area contributed by atoms with Gasteiger partial charge < -0.3 is 10.5 Å². The van der Waals surface area contributed by atoms with Crippen molar-refractivity contribution in [2.75, 3.05) is 5.73 Å². The molecule has 2 aromatic rings. The molecule has 8 heteroatoms. The molecule has 0 fully saturated rings. The minimum absolute atomic E-state index is 0.108. The van der Waals surface area contributed by atoms with Crippen molar-refractivity contribution in [2.45, 2.75) is 32.1 Å². The number of aryl methyl sites for hydroxylation is 2. The van der Waals surface area contributed by atoms with E-state index in [0.29, 0.717) is 11.4 Å². The van der Waals surface area contributed by atoms with Crippen molar-refractivity contribution < 1.29 is 31.1 Å². The zero-order valence-corrected chi connectivity index (χ0v) is 13.3. The van der Waals surface area contributed by atoms with Crippen LogP contribution in [0, 0.1) is 13.8 Å². The van der Waals surface area contributed by atoms with E-state index >= 15 is 0 Å². The maximum atomic E-state index is 13.9. The van der Waals surface area contributed by atoms with E-state index in [1.165, 1.54) is 13.8 Å². The summed E-state index contributed by atoms with van der Waals surface area (Å²) in [6.07, 6.45) is -4.49. The van der Waals surface area contributed by atoms with Crippen LogP contribution in [0.1, 0.15) is 16.7 Å². The summed E-state index contributed by atoms with van der Waals surface area (Å²) in [6.45, 7) is 2.72. The van der Waals surface area contributed by atoms with Crippen molar-refractivity contribution in [2.24, 2.45) is 0 Å². The highest BCUT2D eigenvalue weighted by molar-refractivity contribution is 5.49. The van der Waals surface area contributed by atoms with Gasteiger partial charge in [0, 0.05) is 11.3 Å². The molecule has 0 saturated heterocycles. The van der Waals surface area contributed by atoms with Crippen LogP contribution in [0.5, 0.6) is 11.5 Å². The topological polar surface area (TPSA) is 35.2 Å². The lowest BCUT2D eigenvalue weighted by molar-refractivity contribution is -0.270. The Morgan fingerprint density at radius 3 is 1.84 bits per heavy atom. The number of hydrogen-bond donors (Lipinski definition) is 1. The summed E-state index contributed by atoms with van der Waals surface area (Å²) < 4.78 is 84.4. The summed E-state index contributed by atoms with van der Waals surface area (Å²) in [5, 5.41) is 0. The summed E-state index contributed by atoms with van der Waals surface area (Å²) in [6, 6.07) is 7.65. The van der Waals surface area contributed by atoms with Gasteiger partial charge in [0.15, 0.2) is 0 Å². The summed E-state index contributed by atoms with van der Waals surface area (Å²) in [7, 11) is 0. The molecule has 2 rings (SSSR count). The van der Waals surface area contributed by atoms with Crippen molar-refractivity contribution in [3.05, 3.63) is 53.1 Å². The number of nitrogen functional groups attached to an aromatic ring is 1. The molecule has 0 atom stereocenters. The molecule has 0 heterocycles. The minimum Gasteiger partial charge on any atom is -0.457 e. The summed E-state index contributed by atoms with van der Waals surface area (Å²) in [5.74, 6) is -9.97. The second-order valence-corrected chi connectivity index (χ2v) is 5.61. The molecule has 0 aliphatic rings. The van der Waals surface area contributed by atoms with Gasteiger partial charge in [0.05, 0.1) is 0 Å². The second-order valence-electron chi connectivity index (χ2n) is 5.61. The molecule has 0 aromatic heterocycles. The Balaban J connectivity index is 2.41. The van der Waals surface area contributed by atoms with E-state index in [9.17, 15) is 26.3 Å². The Morgan fingerprint density at radius 2 is 1.40 bits per heavy atom. The number of rotatable bonds is 5. The van der Waals surface area contributed by atoms with Gasteiger partial charge in [-0.15, -0.1) is 0 Å². The number of benzene rings is 2. The first-order chi connectivity index (χ1) is 11.5. The Labute approximate surface area is 140 Å². The van der Waals surface area contributed by atoms with Crippen LogP contribution in [0.25, 0.3) is 0 Å². The first-order valence-corrected chi connectivity index (χ1v) is 7.15. The van der Waals surface area contributed by atoms with Crippen molar-refractivity contribution in [3.8, 4) is 11.5 Å². The Hall–Kier alpha value is -2.38. The minimum atomic E-state index is -5.48. The Bertz CT molecular complexity index is 735. The fraction of sp³-hybridized carbons (Fsp3) is 0.294. The van der Waals surface area contributed by atoms with Gasteiger partial charge in [0.2, 0.25) is 0 Å². The quantitative estimate of drug-likeness (QED) is 0.549. The second kappa shape index (κ2) is 6.50. The van der Waals surface area contributed by atoms with Crippen molar-refractivity contribution in [1.29, 1.82) is 0 Å². The standard InChI is InChI=1S/C17H15F6NO/c1-9-7-11(16(20,21)17(22,23)15(18)19)8-10(2)14(9)25-13-5-3-12(24)4-6-13/h3-8,15H,24H2,1-2H3. The monoisotopic (exact) mass is 363 g/mol. The van der Waals surface area contributed by atoms with E-state index in [0.717, 1.165) is 12.1 Å². The Morgan fingerprint density at radius 1 is 0.920 bits per heavy atom. The lowest BCUT2D eigenvalue weighted by atomic mass is 9.97. The summed E-state index contributed by atoms with van der Waals surface area (Å²) >= 11 is 0. The van der Waals surface area contributed by atoms with E-state index in [1.807, 2.05) is 0 Å². The molecule has 2 aromatic carbocycles. The highest BCUT2D eigenvalue weighted by Gasteiger charge is 2.63. The average Bonchev–Trinajstić information content (AvgIpc) is 2.52. The predicted molar refractivity (Wildman–Crippen MR) is 81.7 cm³/mol. The molecule has 0 unspecified atom stereocenters. The zero-order valence-electron chi connectivity index (χ0n) is 13.3. The summed E-state index contributed by atoms with van der Waals surface area (Å²) in [4.78, 5) is 0. The number of nitrogens with two attached hydrogens (primary N) is 1. The van der Waals surface area contributed by atoms with E-state index in [2.05, 4.69) is 0 Å². The third-order valence-corrected chi connectivity index (χ3v) is 3.62. The maximum absolute atomic E-state index is 13.9. The van der Waals surface area contributed by atoms with Gasteiger partial charge in [-0.05, 0) is 61.4 Å². The number of ether oxygens (including phenoxy) is 1. The van der Waals surface area contributed by atoms with Crippen LogP contribution in [0.15, 0.2) is 36.4 Å².